The Hall–Kier alpha value is -0.530. The molecule has 2 rings (SSSR count). The zero-order valence-corrected chi connectivity index (χ0v) is 8.09. The molecule has 0 aliphatic heterocycles. The molecule has 0 radical (unpaired) electrons. The maximum absolute atomic E-state index is 8.87. The van der Waals surface area contributed by atoms with Crippen molar-refractivity contribution in [3.63, 3.8) is 0 Å². The van der Waals surface area contributed by atoms with Crippen molar-refractivity contribution in [1.82, 2.24) is 0 Å². The number of hydrogen-bond donors (Lipinski definition) is 1. The molecule has 0 amide bonds. The Labute approximate surface area is 73.7 Å². The number of rotatable bonds is 0. The fraction of sp³-hybridized carbons (Fsp3) is 0.900. The van der Waals surface area contributed by atoms with Crippen LogP contribution in [-0.4, -0.2) is 10.9 Å². The average Bonchev–Trinajstić information content (AvgIpc) is 2.34. The maximum Gasteiger partial charge on any atom is 0.0638 e. The Morgan fingerprint density at radius 3 is 2.33 bits per heavy atom. The average molecular weight is 167 g/mol. The van der Waals surface area contributed by atoms with E-state index in [2.05, 4.69) is 25.9 Å². The van der Waals surface area contributed by atoms with Crippen LogP contribution in [0.5, 0.6) is 0 Å². The van der Waals surface area contributed by atoms with Gasteiger partial charge in [0.05, 0.1) is 5.71 Å². The van der Waals surface area contributed by atoms with Gasteiger partial charge in [-0.05, 0) is 30.6 Å². The predicted molar refractivity (Wildman–Crippen MR) is 48.5 cm³/mol. The Kier molecular flexibility index (Phi) is 1.37. The Bertz CT molecular complexity index is 244. The third-order valence-corrected chi connectivity index (χ3v) is 4.63. The fourth-order valence-corrected chi connectivity index (χ4v) is 3.08. The van der Waals surface area contributed by atoms with Crippen LogP contribution in [0.4, 0.5) is 0 Å². The van der Waals surface area contributed by atoms with Crippen LogP contribution in [0.2, 0.25) is 0 Å². The third kappa shape index (κ3) is 0.644. The summed E-state index contributed by atoms with van der Waals surface area (Å²) in [5.41, 5.74) is 1.55. The summed E-state index contributed by atoms with van der Waals surface area (Å²) in [6.07, 6.45) is 3.52. The second-order valence-corrected chi connectivity index (χ2v) is 5.04. The number of hydrogen-bond acceptors (Lipinski definition) is 2. The smallest absolute Gasteiger partial charge is 0.0638 e. The highest BCUT2D eigenvalue weighted by molar-refractivity contribution is 5.93. The van der Waals surface area contributed by atoms with E-state index in [1.807, 2.05) is 0 Å². The van der Waals surface area contributed by atoms with Crippen LogP contribution in [-0.2, 0) is 0 Å². The monoisotopic (exact) mass is 167 g/mol. The van der Waals surface area contributed by atoms with Gasteiger partial charge in [0, 0.05) is 5.41 Å². The van der Waals surface area contributed by atoms with Gasteiger partial charge in [-0.2, -0.15) is 0 Å². The van der Waals surface area contributed by atoms with E-state index in [9.17, 15) is 0 Å². The molecular weight excluding hydrogens is 150 g/mol. The van der Waals surface area contributed by atoms with Crippen LogP contribution in [0.15, 0.2) is 5.16 Å². The molecule has 2 atom stereocenters. The summed E-state index contributed by atoms with van der Waals surface area (Å²) >= 11 is 0. The van der Waals surface area contributed by atoms with Gasteiger partial charge in [-0.15, -0.1) is 0 Å². The molecule has 2 aliphatic carbocycles. The molecule has 1 N–H and O–H groups in total. The minimum absolute atomic E-state index is 0.173. The van der Waals surface area contributed by atoms with Gasteiger partial charge in [-0.25, -0.2) is 0 Å². The molecule has 0 spiro atoms. The first-order chi connectivity index (χ1) is 5.52. The largest absolute Gasteiger partial charge is 0.411 e. The standard InChI is InChI=1S/C10H17NO/c1-9(2)7-4-5-10(9,3)8(6-7)11-12/h7,12H,4-6H2,1-3H3/t7?,10-/m0/s1. The lowest BCUT2D eigenvalue weighted by Crippen LogP contribution is -2.32. The number of nitrogens with zero attached hydrogens (tertiary/aromatic N) is 1. The summed E-state index contributed by atoms with van der Waals surface area (Å²) in [4.78, 5) is 0. The molecule has 0 saturated heterocycles. The van der Waals surface area contributed by atoms with Crippen molar-refractivity contribution >= 4 is 5.71 Å². The van der Waals surface area contributed by atoms with Gasteiger partial charge >= 0.3 is 0 Å². The van der Waals surface area contributed by atoms with Crippen LogP contribution >= 0.6 is 0 Å². The van der Waals surface area contributed by atoms with Crippen molar-refractivity contribution in [3.8, 4) is 0 Å². The Balaban J connectivity index is 2.46. The van der Waals surface area contributed by atoms with Gasteiger partial charge < -0.3 is 5.21 Å². The molecule has 1 unspecified atom stereocenters. The highest BCUT2D eigenvalue weighted by Gasteiger charge is 2.60. The van der Waals surface area contributed by atoms with E-state index in [-0.39, 0.29) is 5.41 Å². The zero-order chi connectivity index (χ0) is 8.98. The minimum Gasteiger partial charge on any atom is -0.411 e. The van der Waals surface area contributed by atoms with Crippen molar-refractivity contribution in [1.29, 1.82) is 0 Å². The van der Waals surface area contributed by atoms with E-state index in [4.69, 9.17) is 5.21 Å². The molecular formula is C10H17NO. The van der Waals surface area contributed by atoms with Crippen molar-refractivity contribution in [3.05, 3.63) is 0 Å². The van der Waals surface area contributed by atoms with E-state index in [1.54, 1.807) is 0 Å². The summed E-state index contributed by atoms with van der Waals surface area (Å²) in [5, 5.41) is 12.3. The van der Waals surface area contributed by atoms with Gasteiger partial charge in [0.25, 0.3) is 0 Å². The van der Waals surface area contributed by atoms with Gasteiger partial charge in [0.2, 0.25) is 0 Å². The lowest BCUT2D eigenvalue weighted by molar-refractivity contribution is 0.190. The van der Waals surface area contributed by atoms with Crippen LogP contribution in [0.1, 0.15) is 40.0 Å². The number of fused-ring (bicyclic) bond motifs is 2. The van der Waals surface area contributed by atoms with E-state index < -0.39 is 0 Å². The van der Waals surface area contributed by atoms with Crippen molar-refractivity contribution < 1.29 is 5.21 Å². The van der Waals surface area contributed by atoms with E-state index in [0.29, 0.717) is 5.41 Å². The molecule has 68 valence electrons. The van der Waals surface area contributed by atoms with Crippen LogP contribution in [0.25, 0.3) is 0 Å². The molecule has 2 heteroatoms. The molecule has 2 aliphatic rings. The number of oxime groups is 1. The minimum atomic E-state index is 0.173. The Morgan fingerprint density at radius 1 is 1.42 bits per heavy atom. The van der Waals surface area contributed by atoms with Crippen LogP contribution in [0, 0.1) is 16.7 Å². The zero-order valence-electron chi connectivity index (χ0n) is 8.09. The summed E-state index contributed by atoms with van der Waals surface area (Å²) in [6.45, 7) is 6.86. The maximum atomic E-state index is 8.87. The predicted octanol–water partition coefficient (Wildman–Crippen LogP) is 2.66. The topological polar surface area (TPSA) is 32.6 Å². The molecule has 0 aromatic rings. The first-order valence-electron chi connectivity index (χ1n) is 4.74. The quantitative estimate of drug-likeness (QED) is 0.436. The van der Waals surface area contributed by atoms with E-state index in [0.717, 1.165) is 18.1 Å². The first kappa shape index (κ1) is 8.09. The molecule has 2 fully saturated rings. The summed E-state index contributed by atoms with van der Waals surface area (Å²) in [6, 6.07) is 0. The van der Waals surface area contributed by atoms with E-state index in [1.165, 1.54) is 12.8 Å². The highest BCUT2D eigenvalue weighted by atomic mass is 16.4. The van der Waals surface area contributed by atoms with Gasteiger partial charge in [-0.1, -0.05) is 25.9 Å². The lowest BCUT2D eigenvalue weighted by Gasteiger charge is -2.33. The molecule has 0 aromatic carbocycles. The van der Waals surface area contributed by atoms with Crippen LogP contribution < -0.4 is 0 Å². The molecule has 2 nitrogen and oxygen atoms in total. The normalized spacial score (nSPS) is 47.2. The van der Waals surface area contributed by atoms with Gasteiger partial charge in [0.15, 0.2) is 0 Å². The molecule has 2 saturated carbocycles. The van der Waals surface area contributed by atoms with Gasteiger partial charge in [0.1, 0.15) is 0 Å². The molecule has 0 aromatic heterocycles. The summed E-state index contributed by atoms with van der Waals surface area (Å²) in [7, 11) is 0. The molecule has 12 heavy (non-hydrogen) atoms. The lowest BCUT2D eigenvalue weighted by atomic mass is 9.70. The third-order valence-electron chi connectivity index (χ3n) is 4.63. The summed E-state index contributed by atoms with van der Waals surface area (Å²) in [5.74, 6) is 0.744. The second-order valence-electron chi connectivity index (χ2n) is 5.04. The highest BCUT2D eigenvalue weighted by Crippen LogP contribution is 2.63. The van der Waals surface area contributed by atoms with Crippen molar-refractivity contribution in [2.45, 2.75) is 40.0 Å². The van der Waals surface area contributed by atoms with Crippen LogP contribution in [0.3, 0.4) is 0 Å². The van der Waals surface area contributed by atoms with E-state index >= 15 is 0 Å². The Morgan fingerprint density at radius 2 is 2.08 bits per heavy atom. The second kappa shape index (κ2) is 2.04. The van der Waals surface area contributed by atoms with Crippen molar-refractivity contribution in [2.75, 3.05) is 0 Å². The molecule has 0 heterocycles. The van der Waals surface area contributed by atoms with Crippen molar-refractivity contribution in [2.24, 2.45) is 21.9 Å². The fourth-order valence-electron chi connectivity index (χ4n) is 3.08. The molecule has 2 bridgehead atoms. The first-order valence-corrected chi connectivity index (χ1v) is 4.74. The SMILES string of the molecule is CC1(C)C2CC[C@@]1(C)C(=NO)C2. The summed E-state index contributed by atoms with van der Waals surface area (Å²) < 4.78 is 0. The van der Waals surface area contributed by atoms with Gasteiger partial charge in [-0.3, -0.25) is 0 Å².